The van der Waals surface area contributed by atoms with Crippen LogP contribution in [0.1, 0.15) is 23.6 Å². The van der Waals surface area contributed by atoms with Crippen LogP contribution in [-0.2, 0) is 17.8 Å². The van der Waals surface area contributed by atoms with Crippen molar-refractivity contribution in [1.82, 2.24) is 15.1 Å². The SMILES string of the molecule is CCc1ccc(-c2nn(Cc3ccccc3)cc2/C=C/C(=O)NCCO)cc1. The Morgan fingerprint density at radius 3 is 2.54 bits per heavy atom. The standard InChI is InChI=1S/C23H25N3O2/c1-2-18-8-10-20(11-9-18)23-21(12-13-22(28)24-14-15-27)17-26(25-23)16-19-6-4-3-5-7-19/h3-13,17,27H,2,14-16H2,1H3,(H,24,28)/b13-12+. The number of carbonyl (C=O) groups is 1. The molecule has 2 N–H and O–H groups in total. The molecule has 0 radical (unpaired) electrons. The van der Waals surface area contributed by atoms with Crippen LogP contribution in [0.5, 0.6) is 0 Å². The number of aliphatic hydroxyl groups is 1. The summed E-state index contributed by atoms with van der Waals surface area (Å²) in [6, 6.07) is 18.5. The van der Waals surface area contributed by atoms with Crippen molar-refractivity contribution in [2.75, 3.05) is 13.2 Å². The van der Waals surface area contributed by atoms with Crippen molar-refractivity contribution in [1.29, 1.82) is 0 Å². The van der Waals surface area contributed by atoms with Crippen molar-refractivity contribution >= 4 is 12.0 Å². The molecule has 28 heavy (non-hydrogen) atoms. The molecule has 0 aliphatic heterocycles. The van der Waals surface area contributed by atoms with E-state index >= 15 is 0 Å². The van der Waals surface area contributed by atoms with E-state index in [1.807, 2.05) is 29.1 Å². The molecule has 1 amide bonds. The summed E-state index contributed by atoms with van der Waals surface area (Å²) in [5.41, 5.74) is 5.16. The summed E-state index contributed by atoms with van der Waals surface area (Å²) in [6.45, 7) is 2.94. The maximum absolute atomic E-state index is 11.9. The second-order valence-electron chi connectivity index (χ2n) is 6.51. The van der Waals surface area contributed by atoms with E-state index in [9.17, 15) is 4.79 Å². The van der Waals surface area contributed by atoms with Gasteiger partial charge >= 0.3 is 0 Å². The van der Waals surface area contributed by atoms with E-state index < -0.39 is 0 Å². The number of nitrogens with zero attached hydrogens (tertiary/aromatic N) is 2. The first kappa shape index (κ1) is 19.6. The van der Waals surface area contributed by atoms with Crippen LogP contribution in [0.4, 0.5) is 0 Å². The Hall–Kier alpha value is -3.18. The van der Waals surface area contributed by atoms with Gasteiger partial charge in [-0.15, -0.1) is 0 Å². The second kappa shape index (κ2) is 9.67. The fourth-order valence-corrected chi connectivity index (χ4v) is 2.94. The Labute approximate surface area is 165 Å². The molecule has 3 aromatic rings. The van der Waals surface area contributed by atoms with Crippen molar-refractivity contribution in [3.8, 4) is 11.3 Å². The smallest absolute Gasteiger partial charge is 0.244 e. The topological polar surface area (TPSA) is 67.2 Å². The van der Waals surface area contributed by atoms with Gasteiger partial charge in [0.05, 0.1) is 18.8 Å². The van der Waals surface area contributed by atoms with Crippen LogP contribution < -0.4 is 5.32 Å². The highest BCUT2D eigenvalue weighted by molar-refractivity contribution is 5.92. The van der Waals surface area contributed by atoms with Crippen LogP contribution in [0.15, 0.2) is 66.9 Å². The maximum Gasteiger partial charge on any atom is 0.244 e. The van der Waals surface area contributed by atoms with Gasteiger partial charge in [0.15, 0.2) is 0 Å². The molecule has 0 spiro atoms. The summed E-state index contributed by atoms with van der Waals surface area (Å²) < 4.78 is 1.89. The van der Waals surface area contributed by atoms with E-state index in [1.54, 1.807) is 6.08 Å². The zero-order valence-corrected chi connectivity index (χ0v) is 16.0. The van der Waals surface area contributed by atoms with Crippen molar-refractivity contribution in [2.24, 2.45) is 0 Å². The van der Waals surface area contributed by atoms with E-state index in [2.05, 4.69) is 48.6 Å². The predicted octanol–water partition coefficient (Wildman–Crippen LogP) is 3.28. The predicted molar refractivity (Wildman–Crippen MR) is 112 cm³/mol. The van der Waals surface area contributed by atoms with Gasteiger partial charge in [0, 0.05) is 29.9 Å². The maximum atomic E-state index is 11.9. The highest BCUT2D eigenvalue weighted by atomic mass is 16.3. The van der Waals surface area contributed by atoms with Gasteiger partial charge in [-0.05, 0) is 23.6 Å². The van der Waals surface area contributed by atoms with Crippen LogP contribution in [0.3, 0.4) is 0 Å². The first-order valence-corrected chi connectivity index (χ1v) is 9.47. The molecule has 0 saturated heterocycles. The minimum atomic E-state index is -0.239. The van der Waals surface area contributed by atoms with Gasteiger partial charge in [-0.2, -0.15) is 5.10 Å². The third-order valence-electron chi connectivity index (χ3n) is 4.44. The number of hydrogen-bond acceptors (Lipinski definition) is 3. The average Bonchev–Trinajstić information content (AvgIpc) is 3.14. The highest BCUT2D eigenvalue weighted by Gasteiger charge is 2.10. The molecular formula is C23H25N3O2. The number of benzene rings is 2. The van der Waals surface area contributed by atoms with Crippen LogP contribution in [0.2, 0.25) is 0 Å². The second-order valence-corrected chi connectivity index (χ2v) is 6.51. The Morgan fingerprint density at radius 1 is 1.11 bits per heavy atom. The molecule has 0 aliphatic rings. The van der Waals surface area contributed by atoms with Gasteiger partial charge in [-0.1, -0.05) is 61.5 Å². The van der Waals surface area contributed by atoms with E-state index in [-0.39, 0.29) is 19.1 Å². The molecule has 3 rings (SSSR count). The van der Waals surface area contributed by atoms with Crippen LogP contribution in [0.25, 0.3) is 17.3 Å². The van der Waals surface area contributed by atoms with E-state index in [0.717, 1.165) is 28.8 Å². The molecule has 0 fully saturated rings. The molecule has 5 heteroatoms. The van der Waals surface area contributed by atoms with Gasteiger partial charge in [0.2, 0.25) is 5.91 Å². The van der Waals surface area contributed by atoms with Gasteiger partial charge < -0.3 is 10.4 Å². The molecule has 1 heterocycles. The molecular weight excluding hydrogens is 350 g/mol. The van der Waals surface area contributed by atoms with Crippen LogP contribution >= 0.6 is 0 Å². The van der Waals surface area contributed by atoms with Crippen molar-refractivity contribution in [3.05, 3.63) is 83.6 Å². The fraction of sp³-hybridized carbons (Fsp3) is 0.217. The first-order valence-electron chi connectivity index (χ1n) is 9.47. The summed E-state index contributed by atoms with van der Waals surface area (Å²) in [6.07, 6.45) is 6.18. The number of rotatable bonds is 8. The van der Waals surface area contributed by atoms with Gasteiger partial charge in [-0.3, -0.25) is 9.48 Å². The number of amides is 1. The number of aromatic nitrogens is 2. The Bertz CT molecular complexity index is 928. The number of nitrogens with one attached hydrogen (secondary N) is 1. The molecule has 144 valence electrons. The zero-order chi connectivity index (χ0) is 19.8. The van der Waals surface area contributed by atoms with E-state index in [0.29, 0.717) is 6.54 Å². The Balaban J connectivity index is 1.90. The first-order chi connectivity index (χ1) is 13.7. The lowest BCUT2D eigenvalue weighted by Gasteiger charge is -2.02. The molecule has 0 aliphatic carbocycles. The number of aliphatic hydroxyl groups excluding tert-OH is 1. The third-order valence-corrected chi connectivity index (χ3v) is 4.44. The van der Waals surface area contributed by atoms with E-state index in [1.165, 1.54) is 11.6 Å². The largest absolute Gasteiger partial charge is 0.395 e. The van der Waals surface area contributed by atoms with Gasteiger partial charge in [0.1, 0.15) is 0 Å². The summed E-state index contributed by atoms with van der Waals surface area (Å²) in [5.74, 6) is -0.239. The molecule has 5 nitrogen and oxygen atoms in total. The quantitative estimate of drug-likeness (QED) is 0.594. The summed E-state index contributed by atoms with van der Waals surface area (Å²) in [4.78, 5) is 11.9. The molecule has 1 aromatic heterocycles. The molecule has 0 atom stereocenters. The van der Waals surface area contributed by atoms with Crippen molar-refractivity contribution in [3.63, 3.8) is 0 Å². The van der Waals surface area contributed by atoms with Gasteiger partial charge in [0.25, 0.3) is 0 Å². The van der Waals surface area contributed by atoms with Crippen LogP contribution in [-0.4, -0.2) is 33.9 Å². The van der Waals surface area contributed by atoms with Crippen LogP contribution in [0, 0.1) is 0 Å². The average molecular weight is 375 g/mol. The molecule has 2 aromatic carbocycles. The number of hydrogen-bond donors (Lipinski definition) is 2. The summed E-state index contributed by atoms with van der Waals surface area (Å²) in [5, 5.41) is 16.2. The fourth-order valence-electron chi connectivity index (χ4n) is 2.94. The highest BCUT2D eigenvalue weighted by Crippen LogP contribution is 2.24. The monoisotopic (exact) mass is 375 g/mol. The lowest BCUT2D eigenvalue weighted by Crippen LogP contribution is -2.24. The lowest BCUT2D eigenvalue weighted by atomic mass is 10.0. The van der Waals surface area contributed by atoms with Gasteiger partial charge in [-0.25, -0.2) is 0 Å². The molecule has 0 unspecified atom stereocenters. The summed E-state index contributed by atoms with van der Waals surface area (Å²) in [7, 11) is 0. The Kier molecular flexibility index (Phi) is 6.76. The summed E-state index contributed by atoms with van der Waals surface area (Å²) >= 11 is 0. The minimum absolute atomic E-state index is 0.0797. The Morgan fingerprint density at radius 2 is 1.86 bits per heavy atom. The van der Waals surface area contributed by atoms with Crippen molar-refractivity contribution < 1.29 is 9.90 Å². The molecule has 0 saturated carbocycles. The normalized spacial score (nSPS) is 11.1. The van der Waals surface area contributed by atoms with Crippen molar-refractivity contribution in [2.45, 2.75) is 19.9 Å². The third kappa shape index (κ3) is 5.18. The van der Waals surface area contributed by atoms with E-state index in [4.69, 9.17) is 10.2 Å². The lowest BCUT2D eigenvalue weighted by molar-refractivity contribution is -0.116. The minimum Gasteiger partial charge on any atom is -0.395 e. The number of carbonyl (C=O) groups excluding carboxylic acids is 1. The zero-order valence-electron chi connectivity index (χ0n) is 16.0. The molecule has 0 bridgehead atoms. The number of aryl methyl sites for hydroxylation is 1.